The SMILES string of the molecule is O=C(c1cc(F)ccc1F)C1CCN(C(=O)/C=C/c2ccc(Oc3cccnc3)c(F)c2)CC1. The number of ether oxygens (including phenoxy) is 1. The fourth-order valence-corrected chi connectivity index (χ4v) is 3.78. The first-order valence-corrected chi connectivity index (χ1v) is 10.7. The molecule has 0 saturated carbocycles. The van der Waals surface area contributed by atoms with E-state index < -0.39 is 29.2 Å². The highest BCUT2D eigenvalue weighted by Crippen LogP contribution is 2.26. The average Bonchev–Trinajstić information content (AvgIpc) is 2.86. The highest BCUT2D eigenvalue weighted by Gasteiger charge is 2.29. The lowest BCUT2D eigenvalue weighted by atomic mass is 9.88. The molecule has 174 valence electrons. The molecule has 0 bridgehead atoms. The zero-order valence-corrected chi connectivity index (χ0v) is 18.1. The Kier molecular flexibility index (Phi) is 7.06. The first-order valence-electron chi connectivity index (χ1n) is 10.7. The zero-order valence-electron chi connectivity index (χ0n) is 18.1. The van der Waals surface area contributed by atoms with E-state index in [1.807, 2.05) is 0 Å². The topological polar surface area (TPSA) is 59.5 Å². The summed E-state index contributed by atoms with van der Waals surface area (Å²) in [5.74, 6) is -2.77. The van der Waals surface area contributed by atoms with E-state index in [9.17, 15) is 22.8 Å². The molecule has 0 aliphatic carbocycles. The van der Waals surface area contributed by atoms with Gasteiger partial charge in [-0.05, 0) is 66.9 Å². The van der Waals surface area contributed by atoms with E-state index in [1.165, 1.54) is 30.5 Å². The van der Waals surface area contributed by atoms with E-state index in [2.05, 4.69) is 4.98 Å². The van der Waals surface area contributed by atoms with E-state index in [1.54, 1.807) is 29.3 Å². The molecule has 4 rings (SSSR count). The number of carbonyl (C=O) groups is 2. The quantitative estimate of drug-likeness (QED) is 0.359. The van der Waals surface area contributed by atoms with Crippen LogP contribution in [-0.2, 0) is 4.79 Å². The minimum absolute atomic E-state index is 0.0398. The predicted octanol–water partition coefficient (Wildman–Crippen LogP) is 5.43. The van der Waals surface area contributed by atoms with Crippen molar-refractivity contribution in [1.82, 2.24) is 9.88 Å². The van der Waals surface area contributed by atoms with Crippen LogP contribution >= 0.6 is 0 Å². The van der Waals surface area contributed by atoms with Crippen LogP contribution < -0.4 is 4.74 Å². The fourth-order valence-electron chi connectivity index (χ4n) is 3.78. The number of hydrogen-bond donors (Lipinski definition) is 0. The Morgan fingerprint density at radius 1 is 1.00 bits per heavy atom. The number of Topliss-reactive ketones (excluding diaryl/α,β-unsaturated/α-hetero) is 1. The van der Waals surface area contributed by atoms with Gasteiger partial charge in [-0.25, -0.2) is 13.2 Å². The van der Waals surface area contributed by atoms with Crippen LogP contribution in [-0.4, -0.2) is 34.7 Å². The standard InChI is InChI=1S/C26H21F3N2O3/c27-19-5-6-22(28)21(15-19)26(33)18-9-12-31(13-10-18)25(32)8-4-17-3-7-24(23(29)14-17)34-20-2-1-11-30-16-20/h1-8,11,14-16,18H,9-10,12-13H2/b8-4+. The van der Waals surface area contributed by atoms with E-state index in [0.29, 0.717) is 37.2 Å². The molecule has 1 amide bonds. The molecule has 2 aromatic carbocycles. The van der Waals surface area contributed by atoms with Gasteiger partial charge >= 0.3 is 0 Å². The Morgan fingerprint density at radius 3 is 2.50 bits per heavy atom. The second-order valence-electron chi connectivity index (χ2n) is 7.90. The van der Waals surface area contributed by atoms with Crippen LogP contribution in [0.4, 0.5) is 13.2 Å². The summed E-state index contributed by atoms with van der Waals surface area (Å²) >= 11 is 0. The van der Waals surface area contributed by atoms with Gasteiger partial charge in [0.05, 0.1) is 11.8 Å². The lowest BCUT2D eigenvalue weighted by Crippen LogP contribution is -2.39. The van der Waals surface area contributed by atoms with Gasteiger partial charge in [0.25, 0.3) is 0 Å². The molecule has 1 fully saturated rings. The summed E-state index contributed by atoms with van der Waals surface area (Å²) in [5, 5.41) is 0. The highest BCUT2D eigenvalue weighted by molar-refractivity contribution is 5.98. The zero-order chi connectivity index (χ0) is 24.1. The van der Waals surface area contributed by atoms with E-state index in [-0.39, 0.29) is 17.2 Å². The summed E-state index contributed by atoms with van der Waals surface area (Å²) in [6.07, 6.45) is 6.59. The number of carbonyl (C=O) groups excluding carboxylic acids is 2. The molecule has 0 atom stereocenters. The maximum absolute atomic E-state index is 14.4. The number of benzene rings is 2. The van der Waals surface area contributed by atoms with Gasteiger partial charge in [0, 0.05) is 31.3 Å². The molecule has 0 N–H and O–H groups in total. The fraction of sp³-hybridized carbons (Fsp3) is 0.192. The van der Waals surface area contributed by atoms with Gasteiger partial charge in [0.1, 0.15) is 17.4 Å². The van der Waals surface area contributed by atoms with Crippen molar-refractivity contribution >= 4 is 17.8 Å². The predicted molar refractivity (Wildman–Crippen MR) is 120 cm³/mol. The Morgan fingerprint density at radius 2 is 1.79 bits per heavy atom. The number of aromatic nitrogens is 1. The second kappa shape index (κ2) is 10.3. The lowest BCUT2D eigenvalue weighted by Gasteiger charge is -2.30. The van der Waals surface area contributed by atoms with Crippen molar-refractivity contribution in [2.24, 2.45) is 5.92 Å². The van der Waals surface area contributed by atoms with Crippen LogP contribution in [0.2, 0.25) is 0 Å². The number of likely N-dealkylation sites (tertiary alicyclic amines) is 1. The molecule has 5 nitrogen and oxygen atoms in total. The van der Waals surface area contributed by atoms with Crippen LogP contribution in [0.5, 0.6) is 11.5 Å². The number of nitrogens with zero attached hydrogens (tertiary/aromatic N) is 2. The van der Waals surface area contributed by atoms with E-state index in [0.717, 1.165) is 18.2 Å². The van der Waals surface area contributed by atoms with Crippen molar-refractivity contribution in [3.63, 3.8) is 0 Å². The van der Waals surface area contributed by atoms with Crippen LogP contribution in [0, 0.1) is 23.4 Å². The number of halogens is 3. The van der Waals surface area contributed by atoms with Crippen LogP contribution in [0.1, 0.15) is 28.8 Å². The molecule has 34 heavy (non-hydrogen) atoms. The van der Waals surface area contributed by atoms with Gasteiger partial charge < -0.3 is 9.64 Å². The molecular weight excluding hydrogens is 445 g/mol. The van der Waals surface area contributed by atoms with Crippen LogP contribution in [0.3, 0.4) is 0 Å². The number of rotatable bonds is 6. The smallest absolute Gasteiger partial charge is 0.246 e. The number of pyridine rings is 1. The summed E-state index contributed by atoms with van der Waals surface area (Å²) in [5.41, 5.74) is 0.221. The van der Waals surface area contributed by atoms with Crippen LogP contribution in [0.25, 0.3) is 6.08 Å². The molecule has 2 heterocycles. The third-order valence-electron chi connectivity index (χ3n) is 5.61. The number of hydrogen-bond acceptors (Lipinski definition) is 4. The van der Waals surface area contributed by atoms with Crippen molar-refractivity contribution < 1.29 is 27.5 Å². The highest BCUT2D eigenvalue weighted by atomic mass is 19.1. The molecule has 1 saturated heterocycles. The van der Waals surface area contributed by atoms with Crippen molar-refractivity contribution in [1.29, 1.82) is 0 Å². The van der Waals surface area contributed by atoms with Crippen molar-refractivity contribution in [3.8, 4) is 11.5 Å². The Balaban J connectivity index is 1.33. The minimum atomic E-state index is -0.753. The number of ketones is 1. The molecular formula is C26H21F3N2O3. The molecule has 0 radical (unpaired) electrons. The molecule has 8 heteroatoms. The van der Waals surface area contributed by atoms with E-state index in [4.69, 9.17) is 4.74 Å². The second-order valence-corrected chi connectivity index (χ2v) is 7.90. The van der Waals surface area contributed by atoms with Gasteiger partial charge in [-0.1, -0.05) is 6.07 Å². The Labute approximate surface area is 194 Å². The van der Waals surface area contributed by atoms with Crippen molar-refractivity contribution in [2.75, 3.05) is 13.1 Å². The first kappa shape index (κ1) is 23.2. The molecule has 0 spiro atoms. The summed E-state index contributed by atoms with van der Waals surface area (Å²) in [7, 11) is 0. The average molecular weight is 466 g/mol. The molecule has 1 aromatic heterocycles. The van der Waals surface area contributed by atoms with Gasteiger partial charge in [-0.2, -0.15) is 0 Å². The number of piperidine rings is 1. The van der Waals surface area contributed by atoms with Gasteiger partial charge in [0.2, 0.25) is 5.91 Å². The van der Waals surface area contributed by atoms with Crippen molar-refractivity contribution in [3.05, 3.63) is 95.6 Å². The Bertz CT molecular complexity index is 1220. The third-order valence-corrected chi connectivity index (χ3v) is 5.61. The minimum Gasteiger partial charge on any atom is -0.453 e. The maximum atomic E-state index is 14.4. The summed E-state index contributed by atoms with van der Waals surface area (Å²) in [6, 6.07) is 10.5. The molecule has 1 aliphatic heterocycles. The van der Waals surface area contributed by atoms with E-state index >= 15 is 0 Å². The van der Waals surface area contributed by atoms with Gasteiger partial charge in [0.15, 0.2) is 17.3 Å². The largest absolute Gasteiger partial charge is 0.453 e. The summed E-state index contributed by atoms with van der Waals surface area (Å²) in [4.78, 5) is 30.6. The summed E-state index contributed by atoms with van der Waals surface area (Å²) < 4.78 is 47.1. The Hall–Kier alpha value is -3.94. The molecule has 0 unspecified atom stereocenters. The number of amides is 1. The third kappa shape index (κ3) is 5.51. The monoisotopic (exact) mass is 466 g/mol. The van der Waals surface area contributed by atoms with Gasteiger partial charge in [-0.15, -0.1) is 0 Å². The molecule has 1 aliphatic rings. The van der Waals surface area contributed by atoms with Crippen LogP contribution in [0.15, 0.2) is 67.0 Å². The summed E-state index contributed by atoms with van der Waals surface area (Å²) in [6.45, 7) is 0.617. The lowest BCUT2D eigenvalue weighted by molar-refractivity contribution is -0.127. The first-order chi connectivity index (χ1) is 16.4. The van der Waals surface area contributed by atoms with Crippen molar-refractivity contribution in [2.45, 2.75) is 12.8 Å². The van der Waals surface area contributed by atoms with Gasteiger partial charge in [-0.3, -0.25) is 14.6 Å². The maximum Gasteiger partial charge on any atom is 0.246 e. The normalized spacial score (nSPS) is 14.4. The molecule has 3 aromatic rings.